The number of hydrogen-bond donors (Lipinski definition) is 1. The Hall–Kier alpha value is -0.850. The quantitative estimate of drug-likeness (QED) is 0.940. The summed E-state index contributed by atoms with van der Waals surface area (Å²) in [5.74, 6) is 1.58. The van der Waals surface area contributed by atoms with E-state index >= 15 is 0 Å². The minimum absolute atomic E-state index is 0. The Morgan fingerprint density at radius 1 is 1.47 bits per heavy atom. The van der Waals surface area contributed by atoms with E-state index in [4.69, 9.17) is 8.94 Å². The van der Waals surface area contributed by atoms with Crippen molar-refractivity contribution < 1.29 is 8.94 Å². The SMILES string of the molecule is CNCc1nc(-c2ccc(Br)o2)no1.Cl. The zero-order valence-corrected chi connectivity index (χ0v) is 10.3. The van der Waals surface area contributed by atoms with Crippen molar-refractivity contribution in [3.63, 3.8) is 0 Å². The second-order valence-corrected chi connectivity index (χ2v) is 3.43. The second-order valence-electron chi connectivity index (χ2n) is 2.65. The van der Waals surface area contributed by atoms with Crippen LogP contribution in [0.3, 0.4) is 0 Å². The maximum absolute atomic E-state index is 5.27. The van der Waals surface area contributed by atoms with Crippen LogP contribution in [-0.2, 0) is 6.54 Å². The van der Waals surface area contributed by atoms with Gasteiger partial charge in [-0.15, -0.1) is 12.4 Å². The molecule has 0 radical (unpaired) electrons. The number of rotatable bonds is 3. The van der Waals surface area contributed by atoms with E-state index < -0.39 is 0 Å². The van der Waals surface area contributed by atoms with E-state index in [-0.39, 0.29) is 12.4 Å². The Kier molecular flexibility index (Phi) is 4.31. The van der Waals surface area contributed by atoms with E-state index in [0.29, 0.717) is 28.7 Å². The summed E-state index contributed by atoms with van der Waals surface area (Å²) in [6, 6.07) is 3.56. The third-order valence-electron chi connectivity index (χ3n) is 1.59. The van der Waals surface area contributed by atoms with Gasteiger partial charge in [-0.1, -0.05) is 5.16 Å². The third kappa shape index (κ3) is 2.80. The van der Waals surface area contributed by atoms with Crippen LogP contribution in [0.15, 0.2) is 25.7 Å². The lowest BCUT2D eigenvalue weighted by Gasteiger charge is -1.86. The molecule has 0 atom stereocenters. The monoisotopic (exact) mass is 293 g/mol. The molecule has 1 N–H and O–H groups in total. The first-order chi connectivity index (χ1) is 6.79. The summed E-state index contributed by atoms with van der Waals surface area (Å²) in [6.07, 6.45) is 0. The summed E-state index contributed by atoms with van der Waals surface area (Å²) >= 11 is 3.20. The number of furan rings is 1. The number of nitrogens with zero attached hydrogens (tertiary/aromatic N) is 2. The Balaban J connectivity index is 0.00000112. The van der Waals surface area contributed by atoms with Gasteiger partial charge in [0, 0.05) is 0 Å². The molecule has 0 bridgehead atoms. The summed E-state index contributed by atoms with van der Waals surface area (Å²) in [4.78, 5) is 4.13. The third-order valence-corrected chi connectivity index (χ3v) is 2.02. The lowest BCUT2D eigenvalue weighted by atomic mass is 10.4. The minimum Gasteiger partial charge on any atom is -0.446 e. The molecule has 0 unspecified atom stereocenters. The lowest BCUT2D eigenvalue weighted by molar-refractivity contribution is 0.371. The van der Waals surface area contributed by atoms with Crippen LogP contribution in [0.25, 0.3) is 11.6 Å². The molecule has 82 valence electrons. The molecule has 2 aromatic heterocycles. The van der Waals surface area contributed by atoms with Crippen LogP contribution in [-0.4, -0.2) is 17.2 Å². The number of hydrogen-bond acceptors (Lipinski definition) is 5. The summed E-state index contributed by atoms with van der Waals surface area (Å²) in [7, 11) is 1.81. The molecule has 0 saturated heterocycles. The van der Waals surface area contributed by atoms with Crippen LogP contribution < -0.4 is 5.32 Å². The predicted octanol–water partition coefficient (Wildman–Crippen LogP) is 2.23. The largest absolute Gasteiger partial charge is 0.446 e. The van der Waals surface area contributed by atoms with Gasteiger partial charge in [0.05, 0.1) is 6.54 Å². The highest BCUT2D eigenvalue weighted by atomic mass is 79.9. The van der Waals surface area contributed by atoms with E-state index in [1.807, 2.05) is 7.05 Å². The molecule has 0 amide bonds. The van der Waals surface area contributed by atoms with E-state index in [2.05, 4.69) is 31.4 Å². The van der Waals surface area contributed by atoms with Crippen molar-refractivity contribution >= 4 is 28.3 Å². The van der Waals surface area contributed by atoms with Gasteiger partial charge >= 0.3 is 0 Å². The van der Waals surface area contributed by atoms with Gasteiger partial charge < -0.3 is 14.3 Å². The molecule has 0 aliphatic rings. The summed E-state index contributed by atoms with van der Waals surface area (Å²) in [5, 5.41) is 6.70. The zero-order valence-electron chi connectivity index (χ0n) is 7.86. The molecule has 7 heteroatoms. The van der Waals surface area contributed by atoms with Gasteiger partial charge in [-0.3, -0.25) is 0 Å². The molecule has 0 aromatic carbocycles. The molecule has 2 heterocycles. The first kappa shape index (κ1) is 12.2. The highest BCUT2D eigenvalue weighted by molar-refractivity contribution is 9.10. The van der Waals surface area contributed by atoms with Crippen LogP contribution >= 0.6 is 28.3 Å². The maximum atomic E-state index is 5.27. The minimum atomic E-state index is 0. The van der Waals surface area contributed by atoms with Crippen molar-refractivity contribution in [2.75, 3.05) is 7.05 Å². The molecule has 0 spiro atoms. The maximum Gasteiger partial charge on any atom is 0.241 e. The first-order valence-electron chi connectivity index (χ1n) is 4.02. The van der Waals surface area contributed by atoms with Crippen molar-refractivity contribution in [3.05, 3.63) is 22.7 Å². The Morgan fingerprint density at radius 3 is 2.87 bits per heavy atom. The molecule has 15 heavy (non-hydrogen) atoms. The van der Waals surface area contributed by atoms with Crippen LogP contribution in [0.4, 0.5) is 0 Å². The average molecular weight is 295 g/mol. The fourth-order valence-corrected chi connectivity index (χ4v) is 1.32. The van der Waals surface area contributed by atoms with Gasteiger partial charge in [-0.05, 0) is 35.1 Å². The standard InChI is InChI=1S/C8H8BrN3O2.ClH/c1-10-4-7-11-8(12-14-7)5-2-3-6(9)13-5;/h2-3,10H,4H2,1H3;1H. The van der Waals surface area contributed by atoms with E-state index in [9.17, 15) is 0 Å². The summed E-state index contributed by atoms with van der Waals surface area (Å²) in [6.45, 7) is 0.550. The topological polar surface area (TPSA) is 64.1 Å². The van der Waals surface area contributed by atoms with Gasteiger partial charge in [0.25, 0.3) is 0 Å². The first-order valence-corrected chi connectivity index (χ1v) is 4.82. The lowest BCUT2D eigenvalue weighted by Crippen LogP contribution is -2.04. The van der Waals surface area contributed by atoms with Gasteiger partial charge in [-0.25, -0.2) is 0 Å². The number of nitrogens with one attached hydrogen (secondary N) is 1. The molecule has 0 aliphatic carbocycles. The zero-order chi connectivity index (χ0) is 9.97. The molecule has 0 aliphatic heterocycles. The van der Waals surface area contributed by atoms with Gasteiger partial charge in [0.15, 0.2) is 10.4 Å². The van der Waals surface area contributed by atoms with Crippen molar-refractivity contribution in [3.8, 4) is 11.6 Å². The molecular weight excluding hydrogens is 285 g/mol. The highest BCUT2D eigenvalue weighted by Gasteiger charge is 2.10. The Labute approximate surface area is 101 Å². The van der Waals surface area contributed by atoms with Crippen LogP contribution in [0.2, 0.25) is 0 Å². The smallest absolute Gasteiger partial charge is 0.241 e. The normalized spacial score (nSPS) is 10.0. The van der Waals surface area contributed by atoms with Crippen LogP contribution in [0.1, 0.15) is 5.89 Å². The number of aromatic nitrogens is 2. The molecule has 0 fully saturated rings. The van der Waals surface area contributed by atoms with Gasteiger partial charge in [-0.2, -0.15) is 4.98 Å². The van der Waals surface area contributed by atoms with Crippen LogP contribution in [0.5, 0.6) is 0 Å². The van der Waals surface area contributed by atoms with Crippen molar-refractivity contribution in [2.24, 2.45) is 0 Å². The van der Waals surface area contributed by atoms with E-state index in [1.54, 1.807) is 12.1 Å². The molecule has 2 rings (SSSR count). The predicted molar refractivity (Wildman–Crippen MR) is 59.7 cm³/mol. The van der Waals surface area contributed by atoms with Gasteiger partial charge in [0.1, 0.15) is 0 Å². The second kappa shape index (κ2) is 5.29. The van der Waals surface area contributed by atoms with Crippen molar-refractivity contribution in [1.29, 1.82) is 0 Å². The van der Waals surface area contributed by atoms with Crippen molar-refractivity contribution in [2.45, 2.75) is 6.54 Å². The molecule has 2 aromatic rings. The molecule has 5 nitrogen and oxygen atoms in total. The molecular formula is C8H9BrClN3O2. The van der Waals surface area contributed by atoms with Crippen LogP contribution in [0, 0.1) is 0 Å². The average Bonchev–Trinajstić information content (AvgIpc) is 2.74. The fourth-order valence-electron chi connectivity index (χ4n) is 1.01. The number of halogens is 2. The summed E-state index contributed by atoms with van der Waals surface area (Å²) in [5.41, 5.74) is 0. The Morgan fingerprint density at radius 2 is 2.27 bits per heavy atom. The summed E-state index contributed by atoms with van der Waals surface area (Å²) < 4.78 is 10.9. The van der Waals surface area contributed by atoms with Gasteiger partial charge in [0.2, 0.25) is 11.7 Å². The van der Waals surface area contributed by atoms with E-state index in [0.717, 1.165) is 0 Å². The van der Waals surface area contributed by atoms with E-state index in [1.165, 1.54) is 0 Å². The molecule has 0 saturated carbocycles. The van der Waals surface area contributed by atoms with Crippen molar-refractivity contribution in [1.82, 2.24) is 15.5 Å². The fraction of sp³-hybridized carbons (Fsp3) is 0.250. The Bertz CT molecular complexity index is 429. The highest BCUT2D eigenvalue weighted by Crippen LogP contribution is 2.22.